The molecule has 1 heterocycles. The Balaban J connectivity index is 1.88. The highest BCUT2D eigenvalue weighted by Crippen LogP contribution is 2.21. The maximum Gasteiger partial charge on any atom is 0.223 e. The lowest BCUT2D eigenvalue weighted by atomic mass is 9.96. The summed E-state index contributed by atoms with van der Waals surface area (Å²) in [6, 6.07) is 9.79. The molecule has 0 spiro atoms. The highest BCUT2D eigenvalue weighted by molar-refractivity contribution is 7.89. The molecule has 5 nitrogen and oxygen atoms in total. The molecule has 6 heteroatoms. The lowest BCUT2D eigenvalue weighted by Crippen LogP contribution is -2.43. The van der Waals surface area contributed by atoms with Crippen molar-refractivity contribution in [3.8, 4) is 0 Å². The van der Waals surface area contributed by atoms with Gasteiger partial charge in [0.25, 0.3) is 0 Å². The van der Waals surface area contributed by atoms with E-state index in [1.807, 2.05) is 37.3 Å². The summed E-state index contributed by atoms with van der Waals surface area (Å²) in [6.07, 6.45) is 1.18. The Morgan fingerprint density at radius 2 is 1.86 bits per heavy atom. The molecule has 1 atom stereocenters. The zero-order valence-electron chi connectivity index (χ0n) is 13.2. The van der Waals surface area contributed by atoms with Crippen LogP contribution in [-0.4, -0.2) is 37.5 Å². The van der Waals surface area contributed by atoms with Gasteiger partial charge in [-0.2, -0.15) is 0 Å². The number of carbonyl (C=O) groups excluding carboxylic acids is 1. The van der Waals surface area contributed by atoms with Crippen molar-refractivity contribution in [1.29, 1.82) is 0 Å². The van der Waals surface area contributed by atoms with Gasteiger partial charge in [-0.1, -0.05) is 30.3 Å². The van der Waals surface area contributed by atoms with Crippen molar-refractivity contribution in [2.45, 2.75) is 32.7 Å². The maximum absolute atomic E-state index is 12.3. The van der Waals surface area contributed by atoms with E-state index in [0.29, 0.717) is 25.9 Å². The molecule has 1 fully saturated rings. The van der Waals surface area contributed by atoms with E-state index in [1.54, 1.807) is 6.92 Å². The Morgan fingerprint density at radius 1 is 1.27 bits per heavy atom. The highest BCUT2D eigenvalue weighted by atomic mass is 32.2. The van der Waals surface area contributed by atoms with Crippen LogP contribution in [0.4, 0.5) is 0 Å². The number of carbonyl (C=O) groups is 1. The second kappa shape index (κ2) is 7.24. The quantitative estimate of drug-likeness (QED) is 0.900. The lowest BCUT2D eigenvalue weighted by molar-refractivity contribution is -0.126. The Labute approximate surface area is 132 Å². The fourth-order valence-electron chi connectivity index (χ4n) is 2.74. The second-order valence-corrected chi connectivity index (χ2v) is 7.97. The van der Waals surface area contributed by atoms with Gasteiger partial charge in [0, 0.05) is 19.0 Å². The summed E-state index contributed by atoms with van der Waals surface area (Å²) in [4.78, 5) is 12.3. The molecular formula is C16H24N2O3S. The van der Waals surface area contributed by atoms with Crippen LogP contribution in [0, 0.1) is 5.92 Å². The third-order valence-electron chi connectivity index (χ3n) is 4.24. The topological polar surface area (TPSA) is 66.5 Å². The van der Waals surface area contributed by atoms with Crippen molar-refractivity contribution < 1.29 is 13.2 Å². The number of rotatable bonds is 5. The number of hydrogen-bond acceptors (Lipinski definition) is 3. The SMILES string of the molecule is CCS(=O)(=O)N1CCC(C(=O)N[C@H](C)c2ccccc2)CC1. The molecule has 1 aromatic rings. The molecule has 0 unspecified atom stereocenters. The molecule has 0 aliphatic carbocycles. The van der Waals surface area contributed by atoms with E-state index < -0.39 is 10.0 Å². The predicted molar refractivity (Wildman–Crippen MR) is 86.8 cm³/mol. The minimum Gasteiger partial charge on any atom is -0.349 e. The van der Waals surface area contributed by atoms with Crippen LogP contribution in [0.2, 0.25) is 0 Å². The van der Waals surface area contributed by atoms with Gasteiger partial charge in [-0.05, 0) is 32.3 Å². The molecule has 1 N–H and O–H groups in total. The van der Waals surface area contributed by atoms with E-state index in [-0.39, 0.29) is 23.6 Å². The Hall–Kier alpha value is -1.40. The Kier molecular flexibility index (Phi) is 5.58. The molecule has 0 aromatic heterocycles. The zero-order valence-corrected chi connectivity index (χ0v) is 14.0. The fourth-order valence-corrected chi connectivity index (χ4v) is 3.87. The number of piperidine rings is 1. The van der Waals surface area contributed by atoms with Gasteiger partial charge in [0.15, 0.2) is 0 Å². The first kappa shape index (κ1) is 17.0. The molecule has 0 radical (unpaired) electrons. The number of sulfonamides is 1. The van der Waals surface area contributed by atoms with Crippen LogP contribution in [0.15, 0.2) is 30.3 Å². The third kappa shape index (κ3) is 4.08. The van der Waals surface area contributed by atoms with Gasteiger partial charge in [-0.15, -0.1) is 0 Å². The van der Waals surface area contributed by atoms with Crippen LogP contribution in [0.3, 0.4) is 0 Å². The summed E-state index contributed by atoms with van der Waals surface area (Å²) < 4.78 is 25.1. The van der Waals surface area contributed by atoms with Crippen molar-refractivity contribution in [2.75, 3.05) is 18.8 Å². The molecule has 1 aliphatic heterocycles. The van der Waals surface area contributed by atoms with Crippen molar-refractivity contribution >= 4 is 15.9 Å². The number of nitrogens with zero attached hydrogens (tertiary/aromatic N) is 1. The Morgan fingerprint density at radius 3 is 2.41 bits per heavy atom. The van der Waals surface area contributed by atoms with Crippen LogP contribution >= 0.6 is 0 Å². The predicted octanol–water partition coefficient (Wildman–Crippen LogP) is 1.93. The smallest absolute Gasteiger partial charge is 0.223 e. The highest BCUT2D eigenvalue weighted by Gasteiger charge is 2.30. The second-order valence-electron chi connectivity index (χ2n) is 5.71. The molecule has 0 bridgehead atoms. The molecule has 1 saturated heterocycles. The number of amides is 1. The van der Waals surface area contributed by atoms with E-state index >= 15 is 0 Å². The molecule has 0 saturated carbocycles. The standard InChI is InChI=1S/C16H24N2O3S/c1-3-22(20,21)18-11-9-15(10-12-18)16(19)17-13(2)14-7-5-4-6-8-14/h4-8,13,15H,3,9-12H2,1-2H3,(H,17,19)/t13-/m1/s1. The Bertz CT molecular complexity index is 593. The summed E-state index contributed by atoms with van der Waals surface area (Å²) in [5, 5.41) is 3.03. The fraction of sp³-hybridized carbons (Fsp3) is 0.562. The van der Waals surface area contributed by atoms with E-state index in [4.69, 9.17) is 0 Å². The van der Waals surface area contributed by atoms with Gasteiger partial charge >= 0.3 is 0 Å². The van der Waals surface area contributed by atoms with Crippen molar-refractivity contribution in [2.24, 2.45) is 5.92 Å². The van der Waals surface area contributed by atoms with Crippen molar-refractivity contribution in [3.63, 3.8) is 0 Å². The maximum atomic E-state index is 12.3. The molecule has 2 rings (SSSR count). The molecule has 1 aromatic carbocycles. The van der Waals surface area contributed by atoms with Crippen LogP contribution in [0.25, 0.3) is 0 Å². The molecule has 22 heavy (non-hydrogen) atoms. The molecular weight excluding hydrogens is 300 g/mol. The van der Waals surface area contributed by atoms with E-state index in [1.165, 1.54) is 4.31 Å². The number of benzene rings is 1. The van der Waals surface area contributed by atoms with Crippen LogP contribution < -0.4 is 5.32 Å². The van der Waals surface area contributed by atoms with E-state index in [0.717, 1.165) is 5.56 Å². The average Bonchev–Trinajstić information content (AvgIpc) is 2.55. The minimum atomic E-state index is -3.13. The van der Waals surface area contributed by atoms with Crippen LogP contribution in [-0.2, 0) is 14.8 Å². The number of hydrogen-bond donors (Lipinski definition) is 1. The van der Waals surface area contributed by atoms with Gasteiger partial charge < -0.3 is 5.32 Å². The first-order chi connectivity index (χ1) is 10.4. The molecule has 122 valence electrons. The van der Waals surface area contributed by atoms with Crippen molar-refractivity contribution in [3.05, 3.63) is 35.9 Å². The monoisotopic (exact) mass is 324 g/mol. The van der Waals surface area contributed by atoms with Gasteiger partial charge in [0.1, 0.15) is 0 Å². The lowest BCUT2D eigenvalue weighted by Gasteiger charge is -2.31. The minimum absolute atomic E-state index is 0.0184. The summed E-state index contributed by atoms with van der Waals surface area (Å²) >= 11 is 0. The normalized spacial score (nSPS) is 18.8. The first-order valence-corrected chi connectivity index (χ1v) is 9.38. The first-order valence-electron chi connectivity index (χ1n) is 7.77. The molecule has 1 aliphatic rings. The number of nitrogens with one attached hydrogen (secondary N) is 1. The average molecular weight is 324 g/mol. The van der Waals surface area contributed by atoms with Crippen molar-refractivity contribution in [1.82, 2.24) is 9.62 Å². The summed E-state index contributed by atoms with van der Waals surface area (Å²) in [5.41, 5.74) is 1.07. The van der Waals surface area contributed by atoms with Gasteiger partial charge in [0.05, 0.1) is 11.8 Å². The molecule has 1 amide bonds. The van der Waals surface area contributed by atoms with Crippen LogP contribution in [0.5, 0.6) is 0 Å². The van der Waals surface area contributed by atoms with Gasteiger partial charge in [0.2, 0.25) is 15.9 Å². The van der Waals surface area contributed by atoms with E-state index in [9.17, 15) is 13.2 Å². The summed E-state index contributed by atoms with van der Waals surface area (Å²) in [5.74, 6) is 0.0360. The zero-order chi connectivity index (χ0) is 16.2. The summed E-state index contributed by atoms with van der Waals surface area (Å²) in [7, 11) is -3.13. The van der Waals surface area contributed by atoms with Gasteiger partial charge in [-0.25, -0.2) is 12.7 Å². The largest absolute Gasteiger partial charge is 0.349 e. The third-order valence-corrected chi connectivity index (χ3v) is 6.12. The van der Waals surface area contributed by atoms with Crippen LogP contribution in [0.1, 0.15) is 38.3 Å². The van der Waals surface area contributed by atoms with E-state index in [2.05, 4.69) is 5.32 Å². The summed E-state index contributed by atoms with van der Waals surface area (Å²) in [6.45, 7) is 4.49. The van der Waals surface area contributed by atoms with Gasteiger partial charge in [-0.3, -0.25) is 4.79 Å².